The van der Waals surface area contributed by atoms with Gasteiger partial charge in [0.15, 0.2) is 0 Å². The fraction of sp³-hybridized carbons (Fsp3) is 0.192. The molecule has 0 radical (unpaired) electrons. The molecule has 0 saturated carbocycles. The van der Waals surface area contributed by atoms with Crippen LogP contribution in [0.2, 0.25) is 5.02 Å². The summed E-state index contributed by atoms with van der Waals surface area (Å²) in [6.07, 6.45) is 0. The zero-order chi connectivity index (χ0) is 26.1. The Kier molecular flexibility index (Phi) is 7.28. The van der Waals surface area contributed by atoms with Gasteiger partial charge in [0.2, 0.25) is 0 Å². The van der Waals surface area contributed by atoms with Gasteiger partial charge in [-0.15, -0.1) is 11.3 Å². The van der Waals surface area contributed by atoms with E-state index < -0.39 is 14.9 Å². The number of benzene rings is 3. The van der Waals surface area contributed by atoms with Crippen LogP contribution in [0.5, 0.6) is 17.2 Å². The SMILES string of the molecule is COc1cc(NC(=O)c2cc3cc(C(C)(C)S(=O)(=O)OC)ccc3s2)cc(Oc2ccc(Cl)cc2)c1. The lowest BCUT2D eigenvalue weighted by molar-refractivity contribution is 0.103. The van der Waals surface area contributed by atoms with Gasteiger partial charge >= 0.3 is 0 Å². The number of rotatable bonds is 8. The Hall–Kier alpha value is -3.11. The second-order valence-electron chi connectivity index (χ2n) is 8.40. The Balaban J connectivity index is 1.59. The quantitative estimate of drug-likeness (QED) is 0.244. The van der Waals surface area contributed by atoms with E-state index in [2.05, 4.69) is 5.32 Å². The number of fused-ring (bicyclic) bond motifs is 1. The standard InChI is InChI=1S/C26H24ClNO6S2/c1-26(2,36(30,31)33-4)17-5-10-23-16(11-17)12-24(35-23)25(29)28-19-13-21(32-3)15-22(14-19)34-20-8-6-18(27)7-9-20/h5-15H,1-4H3,(H,28,29). The molecule has 7 nitrogen and oxygen atoms in total. The number of methoxy groups -OCH3 is 1. The normalized spacial score (nSPS) is 11.9. The van der Waals surface area contributed by atoms with Gasteiger partial charge in [-0.2, -0.15) is 8.42 Å². The summed E-state index contributed by atoms with van der Waals surface area (Å²) in [5.41, 5.74) is 1.06. The third kappa shape index (κ3) is 5.34. The maximum atomic E-state index is 13.1. The molecule has 4 aromatic rings. The second-order valence-corrected chi connectivity index (χ2v) is 12.2. The van der Waals surface area contributed by atoms with E-state index in [1.54, 1.807) is 74.5 Å². The molecule has 0 fully saturated rings. The van der Waals surface area contributed by atoms with E-state index in [0.717, 1.165) is 17.2 Å². The molecule has 1 N–H and O–H groups in total. The van der Waals surface area contributed by atoms with Gasteiger partial charge in [0.05, 0.1) is 19.1 Å². The number of anilines is 1. The molecule has 1 heterocycles. The largest absolute Gasteiger partial charge is 0.497 e. The Bertz CT molecular complexity index is 1530. The summed E-state index contributed by atoms with van der Waals surface area (Å²) in [7, 11) is -1.14. The maximum Gasteiger partial charge on any atom is 0.276 e. The Morgan fingerprint density at radius 1 is 0.917 bits per heavy atom. The molecule has 3 aromatic carbocycles. The van der Waals surface area contributed by atoms with E-state index in [4.69, 9.17) is 25.3 Å². The monoisotopic (exact) mass is 545 g/mol. The lowest BCUT2D eigenvalue weighted by atomic mass is 10.0. The maximum absolute atomic E-state index is 13.1. The fourth-order valence-electron chi connectivity index (χ4n) is 3.53. The van der Waals surface area contributed by atoms with Crippen molar-refractivity contribution < 1.29 is 26.9 Å². The highest BCUT2D eigenvalue weighted by atomic mass is 35.5. The van der Waals surface area contributed by atoms with Crippen LogP contribution < -0.4 is 14.8 Å². The first-order chi connectivity index (χ1) is 17.0. The average Bonchev–Trinajstić information content (AvgIpc) is 3.29. The molecule has 0 bridgehead atoms. The van der Waals surface area contributed by atoms with Crippen molar-refractivity contribution in [2.75, 3.05) is 19.5 Å². The van der Waals surface area contributed by atoms with Crippen molar-refractivity contribution in [2.45, 2.75) is 18.6 Å². The van der Waals surface area contributed by atoms with E-state index in [1.165, 1.54) is 18.4 Å². The summed E-state index contributed by atoms with van der Waals surface area (Å²) in [5, 5.41) is 4.24. The van der Waals surface area contributed by atoms with Gasteiger partial charge in [-0.3, -0.25) is 8.98 Å². The Morgan fingerprint density at radius 2 is 1.61 bits per heavy atom. The molecule has 0 aliphatic carbocycles. The Labute approximate surface area is 218 Å². The predicted molar refractivity (Wildman–Crippen MR) is 143 cm³/mol. The van der Waals surface area contributed by atoms with Gasteiger partial charge in [-0.05, 0) is 67.3 Å². The lowest BCUT2D eigenvalue weighted by Gasteiger charge is -2.23. The van der Waals surface area contributed by atoms with Crippen LogP contribution in [0.1, 0.15) is 29.1 Å². The number of hydrogen-bond donors (Lipinski definition) is 1. The third-order valence-electron chi connectivity index (χ3n) is 5.70. The van der Waals surface area contributed by atoms with Crippen LogP contribution >= 0.6 is 22.9 Å². The smallest absolute Gasteiger partial charge is 0.276 e. The molecule has 1 amide bonds. The number of amides is 1. The third-order valence-corrected chi connectivity index (χ3v) is 8.99. The minimum Gasteiger partial charge on any atom is -0.497 e. The van der Waals surface area contributed by atoms with Gasteiger partial charge in [0.1, 0.15) is 22.0 Å². The van der Waals surface area contributed by atoms with Crippen molar-refractivity contribution >= 4 is 54.7 Å². The number of thiophene rings is 1. The summed E-state index contributed by atoms with van der Waals surface area (Å²) in [4.78, 5) is 13.5. The van der Waals surface area contributed by atoms with Crippen LogP contribution in [0, 0.1) is 0 Å². The minimum atomic E-state index is -3.81. The molecule has 36 heavy (non-hydrogen) atoms. The van der Waals surface area contributed by atoms with Crippen molar-refractivity contribution in [1.29, 1.82) is 0 Å². The first kappa shape index (κ1) is 26.0. The number of carbonyl (C=O) groups excluding carboxylic acids is 1. The molecule has 0 saturated heterocycles. The average molecular weight is 546 g/mol. The van der Waals surface area contributed by atoms with Gasteiger partial charge in [-0.1, -0.05) is 17.7 Å². The minimum absolute atomic E-state index is 0.313. The highest BCUT2D eigenvalue weighted by Gasteiger charge is 2.36. The molecule has 4 rings (SSSR count). The molecule has 0 aliphatic rings. The van der Waals surface area contributed by atoms with Crippen molar-refractivity contribution in [2.24, 2.45) is 0 Å². The topological polar surface area (TPSA) is 90.9 Å². The number of halogens is 1. The first-order valence-electron chi connectivity index (χ1n) is 10.8. The van der Waals surface area contributed by atoms with Crippen molar-refractivity contribution in [3.8, 4) is 17.2 Å². The number of ether oxygens (including phenoxy) is 2. The fourth-order valence-corrected chi connectivity index (χ4v) is 5.43. The van der Waals surface area contributed by atoms with Crippen LogP contribution in [-0.2, 0) is 19.0 Å². The van der Waals surface area contributed by atoms with Crippen molar-refractivity contribution in [3.05, 3.63) is 82.2 Å². The summed E-state index contributed by atoms with van der Waals surface area (Å²) in [5.74, 6) is 1.27. The number of carbonyl (C=O) groups is 1. The predicted octanol–water partition coefficient (Wildman–Crippen LogP) is 6.82. The molecule has 0 aliphatic heterocycles. The molecule has 0 atom stereocenters. The van der Waals surface area contributed by atoms with Crippen molar-refractivity contribution in [1.82, 2.24) is 0 Å². The molecule has 0 unspecified atom stereocenters. The summed E-state index contributed by atoms with van der Waals surface area (Å²) in [6, 6.07) is 19.1. The summed E-state index contributed by atoms with van der Waals surface area (Å²) in [6.45, 7) is 3.17. The molecule has 0 spiro atoms. The molecule has 1 aromatic heterocycles. The van der Waals surface area contributed by atoms with Gasteiger partial charge in [0, 0.05) is 33.6 Å². The zero-order valence-corrected chi connectivity index (χ0v) is 22.4. The van der Waals surface area contributed by atoms with E-state index >= 15 is 0 Å². The first-order valence-corrected chi connectivity index (χ1v) is 13.4. The van der Waals surface area contributed by atoms with Crippen LogP contribution in [0.3, 0.4) is 0 Å². The van der Waals surface area contributed by atoms with Gasteiger partial charge in [-0.25, -0.2) is 0 Å². The molecule has 188 valence electrons. The molecular formula is C26H24ClNO6S2. The van der Waals surface area contributed by atoms with Crippen LogP contribution in [0.4, 0.5) is 5.69 Å². The second kappa shape index (κ2) is 10.1. The molecule has 10 heteroatoms. The van der Waals surface area contributed by atoms with Crippen LogP contribution in [-0.4, -0.2) is 28.5 Å². The van der Waals surface area contributed by atoms with E-state index in [0.29, 0.717) is 38.4 Å². The number of nitrogens with one attached hydrogen (secondary N) is 1. The Morgan fingerprint density at radius 3 is 2.28 bits per heavy atom. The van der Waals surface area contributed by atoms with Crippen LogP contribution in [0.15, 0.2) is 66.7 Å². The van der Waals surface area contributed by atoms with Gasteiger partial charge < -0.3 is 14.8 Å². The lowest BCUT2D eigenvalue weighted by Crippen LogP contribution is -2.30. The zero-order valence-electron chi connectivity index (χ0n) is 20.0. The highest BCUT2D eigenvalue weighted by molar-refractivity contribution is 7.87. The van der Waals surface area contributed by atoms with E-state index in [-0.39, 0.29) is 5.91 Å². The highest BCUT2D eigenvalue weighted by Crippen LogP contribution is 2.36. The summed E-state index contributed by atoms with van der Waals surface area (Å²) >= 11 is 7.24. The molecular weight excluding hydrogens is 522 g/mol. The van der Waals surface area contributed by atoms with E-state index in [1.807, 2.05) is 6.07 Å². The summed E-state index contributed by atoms with van der Waals surface area (Å²) < 4.78 is 40.3. The van der Waals surface area contributed by atoms with Gasteiger partial charge in [0.25, 0.3) is 16.0 Å². The van der Waals surface area contributed by atoms with Crippen LogP contribution in [0.25, 0.3) is 10.1 Å². The van der Waals surface area contributed by atoms with Crippen molar-refractivity contribution in [3.63, 3.8) is 0 Å². The number of hydrogen-bond acceptors (Lipinski definition) is 7. The van der Waals surface area contributed by atoms with E-state index in [9.17, 15) is 13.2 Å².